The van der Waals surface area contributed by atoms with Gasteiger partial charge in [0.25, 0.3) is 0 Å². The maximum Gasteiger partial charge on any atom is 0.139 e. The predicted molar refractivity (Wildman–Crippen MR) is 213 cm³/mol. The van der Waals surface area contributed by atoms with Gasteiger partial charge in [0.05, 0.1) is 11.7 Å². The van der Waals surface area contributed by atoms with Crippen molar-refractivity contribution >= 4 is 45.6 Å². The van der Waals surface area contributed by atoms with Crippen molar-refractivity contribution in [2.24, 2.45) is 4.99 Å². The zero-order valence-corrected chi connectivity index (χ0v) is 29.3. The van der Waals surface area contributed by atoms with E-state index in [0.29, 0.717) is 5.92 Å². The first-order chi connectivity index (χ1) is 24.9. The van der Waals surface area contributed by atoms with Crippen molar-refractivity contribution in [3.05, 3.63) is 171 Å². The van der Waals surface area contributed by atoms with Gasteiger partial charge in [-0.25, -0.2) is 4.99 Å². The summed E-state index contributed by atoms with van der Waals surface area (Å²) in [5, 5.41) is 6.44. The van der Waals surface area contributed by atoms with Gasteiger partial charge in [-0.2, -0.15) is 0 Å². The van der Waals surface area contributed by atoms with E-state index >= 15 is 0 Å². The maximum atomic E-state index is 7.03. The van der Waals surface area contributed by atoms with E-state index in [-0.39, 0.29) is 11.5 Å². The number of fused-ring (bicyclic) bond motifs is 8. The standard InChI is InChI=1S/C48H40N2O/c1-29-13-10-16-31-17-12-23-38(44(29)31)47-49-41(35-22-11-15-30-14-4-5-18-32(30)35)28-42(50-47)39-27-40-34-20-7-6-19-33(34)36-21-8-9-24-43(36)51-46(40)45-37(39)25-26-48(45,2)3/h4-5,7-12,14-18,20-29,41H,6,13,19H2,1-3H3,(H,49,50). The van der Waals surface area contributed by atoms with Gasteiger partial charge in [0.15, 0.2) is 0 Å². The first kappa shape index (κ1) is 30.2. The number of aliphatic imine (C=N–C) groups is 1. The van der Waals surface area contributed by atoms with Gasteiger partial charge < -0.3 is 10.1 Å². The third-order valence-electron chi connectivity index (χ3n) is 11.5. The highest BCUT2D eigenvalue weighted by Gasteiger charge is 2.37. The van der Waals surface area contributed by atoms with Crippen LogP contribution in [0.3, 0.4) is 0 Å². The van der Waals surface area contributed by atoms with E-state index in [4.69, 9.17) is 9.73 Å². The van der Waals surface area contributed by atoms with Gasteiger partial charge in [-0.3, -0.25) is 0 Å². The Labute approximate surface area is 300 Å². The molecule has 3 nitrogen and oxygen atoms in total. The van der Waals surface area contributed by atoms with Gasteiger partial charge in [0, 0.05) is 33.2 Å². The normalized spacial score (nSPS) is 20.6. The molecule has 3 heteroatoms. The molecule has 248 valence electrons. The van der Waals surface area contributed by atoms with Gasteiger partial charge in [-0.05, 0) is 87.6 Å². The number of hydrogen-bond donors (Lipinski definition) is 1. The summed E-state index contributed by atoms with van der Waals surface area (Å²) in [6, 6.07) is 32.9. The van der Waals surface area contributed by atoms with Gasteiger partial charge in [0.2, 0.25) is 0 Å². The minimum Gasteiger partial charge on any atom is -0.456 e. The van der Waals surface area contributed by atoms with Crippen LogP contribution < -0.4 is 10.1 Å². The van der Waals surface area contributed by atoms with E-state index in [1.807, 2.05) is 0 Å². The fraction of sp³-hybridized carbons (Fsp3) is 0.188. The first-order valence-corrected chi connectivity index (χ1v) is 18.4. The van der Waals surface area contributed by atoms with Crippen molar-refractivity contribution in [1.29, 1.82) is 0 Å². The number of rotatable bonds is 3. The van der Waals surface area contributed by atoms with Crippen LogP contribution in [-0.4, -0.2) is 5.84 Å². The molecule has 3 aliphatic carbocycles. The van der Waals surface area contributed by atoms with E-state index in [1.54, 1.807) is 0 Å². The Kier molecular flexibility index (Phi) is 6.76. The molecule has 0 spiro atoms. The molecule has 0 fully saturated rings. The summed E-state index contributed by atoms with van der Waals surface area (Å²) in [5.74, 6) is 3.23. The summed E-state index contributed by atoms with van der Waals surface area (Å²) >= 11 is 0. The zero-order chi connectivity index (χ0) is 34.3. The average molecular weight is 661 g/mol. The summed E-state index contributed by atoms with van der Waals surface area (Å²) in [6.07, 6.45) is 19.2. The minimum atomic E-state index is -0.219. The second-order valence-electron chi connectivity index (χ2n) is 15.1. The predicted octanol–water partition coefficient (Wildman–Crippen LogP) is 12.2. The Bertz CT molecular complexity index is 2500. The van der Waals surface area contributed by atoms with E-state index in [0.717, 1.165) is 53.4 Å². The molecule has 0 aromatic heterocycles. The van der Waals surface area contributed by atoms with E-state index in [2.05, 4.69) is 160 Å². The van der Waals surface area contributed by atoms with Crippen molar-refractivity contribution in [3.63, 3.8) is 0 Å². The maximum absolute atomic E-state index is 7.03. The molecule has 5 aromatic carbocycles. The Morgan fingerprint density at radius 2 is 1.63 bits per heavy atom. The van der Waals surface area contributed by atoms with Crippen LogP contribution in [0.15, 0.2) is 126 Å². The quantitative estimate of drug-likeness (QED) is 0.209. The lowest BCUT2D eigenvalue weighted by Gasteiger charge is -2.30. The van der Waals surface area contributed by atoms with Gasteiger partial charge >= 0.3 is 0 Å². The number of allylic oxidation sites excluding steroid dienone is 6. The molecular formula is C48H40N2O. The Morgan fingerprint density at radius 1 is 0.804 bits per heavy atom. The fourth-order valence-corrected chi connectivity index (χ4v) is 9.01. The van der Waals surface area contributed by atoms with Crippen LogP contribution in [0.4, 0.5) is 0 Å². The summed E-state index contributed by atoms with van der Waals surface area (Å²) in [6.45, 7) is 6.95. The van der Waals surface area contributed by atoms with E-state index < -0.39 is 0 Å². The Balaban J connectivity index is 1.25. The van der Waals surface area contributed by atoms with Crippen molar-refractivity contribution in [3.8, 4) is 11.5 Å². The third kappa shape index (κ3) is 4.75. The molecule has 2 atom stereocenters. The smallest absolute Gasteiger partial charge is 0.139 e. The number of nitrogens with zero attached hydrogens (tertiary/aromatic N) is 1. The lowest BCUT2D eigenvalue weighted by Crippen LogP contribution is -2.32. The summed E-state index contributed by atoms with van der Waals surface area (Å²) < 4.78 is 7.03. The molecule has 10 rings (SSSR count). The van der Waals surface area contributed by atoms with Gasteiger partial charge in [-0.1, -0.05) is 136 Å². The van der Waals surface area contributed by atoms with Crippen molar-refractivity contribution in [2.75, 3.05) is 0 Å². The van der Waals surface area contributed by atoms with E-state index in [9.17, 15) is 0 Å². The van der Waals surface area contributed by atoms with Crippen molar-refractivity contribution < 1.29 is 4.74 Å². The second kappa shape index (κ2) is 11.4. The Hall–Kier alpha value is -5.67. The molecule has 2 aliphatic heterocycles. The monoisotopic (exact) mass is 660 g/mol. The van der Waals surface area contributed by atoms with E-state index in [1.165, 1.54) is 60.9 Å². The summed E-state index contributed by atoms with van der Waals surface area (Å²) in [4.78, 5) is 5.60. The zero-order valence-electron chi connectivity index (χ0n) is 29.3. The molecule has 0 bridgehead atoms. The molecule has 0 saturated heterocycles. The van der Waals surface area contributed by atoms with Crippen LogP contribution >= 0.6 is 0 Å². The van der Waals surface area contributed by atoms with Crippen LogP contribution in [0.1, 0.15) is 102 Å². The van der Waals surface area contributed by atoms with Gasteiger partial charge in [0.1, 0.15) is 17.3 Å². The number of amidine groups is 1. The number of nitrogens with one attached hydrogen (secondary N) is 1. The highest BCUT2D eigenvalue weighted by atomic mass is 16.5. The molecular weight excluding hydrogens is 621 g/mol. The lowest BCUT2D eigenvalue weighted by atomic mass is 9.80. The molecule has 5 aliphatic rings. The highest BCUT2D eigenvalue weighted by Crippen LogP contribution is 2.54. The molecule has 2 heterocycles. The number of ether oxygens (including phenoxy) is 1. The highest BCUT2D eigenvalue weighted by molar-refractivity contribution is 6.07. The first-order valence-electron chi connectivity index (χ1n) is 18.4. The molecule has 0 saturated carbocycles. The lowest BCUT2D eigenvalue weighted by molar-refractivity contribution is 0.463. The fourth-order valence-electron chi connectivity index (χ4n) is 9.01. The summed E-state index contributed by atoms with van der Waals surface area (Å²) in [5.41, 5.74) is 14.4. The van der Waals surface area contributed by atoms with Gasteiger partial charge in [-0.15, -0.1) is 0 Å². The van der Waals surface area contributed by atoms with Crippen LogP contribution in [0.5, 0.6) is 11.5 Å². The van der Waals surface area contributed by atoms with Crippen LogP contribution in [0, 0.1) is 0 Å². The molecule has 51 heavy (non-hydrogen) atoms. The van der Waals surface area contributed by atoms with Crippen molar-refractivity contribution in [1.82, 2.24) is 5.32 Å². The van der Waals surface area contributed by atoms with Crippen LogP contribution in [0.25, 0.3) is 39.8 Å². The van der Waals surface area contributed by atoms with Crippen LogP contribution in [-0.2, 0) is 5.41 Å². The van der Waals surface area contributed by atoms with Crippen LogP contribution in [0.2, 0.25) is 0 Å². The largest absolute Gasteiger partial charge is 0.456 e. The second-order valence-corrected chi connectivity index (χ2v) is 15.1. The number of para-hydroxylation sites is 1. The molecule has 5 aromatic rings. The molecule has 0 radical (unpaired) electrons. The number of benzene rings is 5. The van der Waals surface area contributed by atoms with Crippen molar-refractivity contribution in [2.45, 2.75) is 57.4 Å². The summed E-state index contributed by atoms with van der Waals surface area (Å²) in [7, 11) is 0. The average Bonchev–Trinajstić information content (AvgIpc) is 3.41. The topological polar surface area (TPSA) is 33.6 Å². The number of hydrogen-bond acceptors (Lipinski definition) is 3. The molecule has 2 unspecified atom stereocenters. The minimum absolute atomic E-state index is 0.0818. The molecule has 1 N–H and O–H groups in total. The third-order valence-corrected chi connectivity index (χ3v) is 11.5. The Morgan fingerprint density at radius 3 is 2.57 bits per heavy atom. The molecule has 0 amide bonds. The SMILES string of the molecule is CC1CC=Cc2cccc(C3=NC(c4cc5c(c6c4C=CC6(C)C)Oc4ccccc4C4=C5C=CCC4)=CC(c4cccc5ccccc45)N3)c21.